The number of hydrogen-bond acceptors (Lipinski definition) is 3. The van der Waals surface area contributed by atoms with Gasteiger partial charge in [-0.05, 0) is 24.3 Å². The number of anilines is 1. The Balaban J connectivity index is 1.48. The minimum absolute atomic E-state index is 0.0582. The number of likely N-dealkylation sites (tertiary alicyclic amines) is 1. The highest BCUT2D eigenvalue weighted by atomic mass is 35.5. The predicted octanol–water partition coefficient (Wildman–Crippen LogP) is 3.96. The number of rotatable bonds is 4. The van der Waals surface area contributed by atoms with Crippen molar-refractivity contribution in [3.63, 3.8) is 0 Å². The molecule has 0 bridgehead atoms. The molecule has 134 valence electrons. The maximum atomic E-state index is 12.5. The summed E-state index contributed by atoms with van der Waals surface area (Å²) >= 11 is 13.9. The van der Waals surface area contributed by atoms with Crippen molar-refractivity contribution in [2.45, 2.75) is 18.9 Å². The van der Waals surface area contributed by atoms with Gasteiger partial charge in [-0.15, -0.1) is 11.3 Å². The Labute approximate surface area is 165 Å². The second kappa shape index (κ2) is 7.53. The highest BCUT2D eigenvalue weighted by Gasteiger charge is 2.34. The van der Waals surface area contributed by atoms with E-state index in [0.29, 0.717) is 22.3 Å². The van der Waals surface area contributed by atoms with E-state index in [-0.39, 0.29) is 11.9 Å². The van der Waals surface area contributed by atoms with Gasteiger partial charge in [-0.1, -0.05) is 41.4 Å². The van der Waals surface area contributed by atoms with Crippen LogP contribution in [0.1, 0.15) is 23.9 Å². The van der Waals surface area contributed by atoms with Crippen LogP contribution in [0.15, 0.2) is 42.5 Å². The first-order valence-corrected chi connectivity index (χ1v) is 10.1. The number of para-hydroxylation sites is 1. The largest absolute Gasteiger partial charge is 0.320 e. The maximum Gasteiger partial charge on any atom is 0.279 e. The molecule has 0 saturated carbocycles. The SMILES string of the molecule is O=C(C[NH+]1CCC[C@H]1c1nc2ccccc2s1)Nc1cccc(Cl)c1Cl. The zero-order valence-corrected chi connectivity index (χ0v) is 16.3. The lowest BCUT2D eigenvalue weighted by molar-refractivity contribution is -0.910. The van der Waals surface area contributed by atoms with E-state index in [0.717, 1.165) is 29.9 Å². The molecule has 0 radical (unpaired) electrons. The van der Waals surface area contributed by atoms with Gasteiger partial charge in [-0.2, -0.15) is 0 Å². The van der Waals surface area contributed by atoms with Gasteiger partial charge in [0.2, 0.25) is 0 Å². The molecule has 0 aliphatic carbocycles. The molecule has 1 aliphatic rings. The molecule has 4 rings (SSSR count). The molecular formula is C19H18Cl2N3OS+. The molecule has 2 aromatic carbocycles. The van der Waals surface area contributed by atoms with E-state index in [9.17, 15) is 4.79 Å². The van der Waals surface area contributed by atoms with E-state index in [1.54, 1.807) is 29.5 Å². The third-order valence-corrected chi connectivity index (χ3v) is 6.67. The number of amides is 1. The van der Waals surface area contributed by atoms with Gasteiger partial charge in [0.25, 0.3) is 5.91 Å². The fourth-order valence-electron chi connectivity index (χ4n) is 3.46. The molecule has 0 spiro atoms. The fourth-order valence-corrected chi connectivity index (χ4v) is 4.97. The second-order valence-electron chi connectivity index (χ2n) is 6.45. The van der Waals surface area contributed by atoms with Crippen LogP contribution in [0.3, 0.4) is 0 Å². The number of quaternary nitrogens is 1. The van der Waals surface area contributed by atoms with Crippen LogP contribution < -0.4 is 10.2 Å². The van der Waals surface area contributed by atoms with Crippen LogP contribution in [0.2, 0.25) is 10.0 Å². The molecular weight excluding hydrogens is 389 g/mol. The topological polar surface area (TPSA) is 46.4 Å². The molecule has 1 aliphatic heterocycles. The molecule has 1 unspecified atom stereocenters. The van der Waals surface area contributed by atoms with Crippen molar-refractivity contribution in [3.8, 4) is 0 Å². The highest BCUT2D eigenvalue weighted by Crippen LogP contribution is 2.30. The molecule has 3 aromatic rings. The zero-order valence-electron chi connectivity index (χ0n) is 14.0. The molecule has 4 nitrogen and oxygen atoms in total. The van der Waals surface area contributed by atoms with Crippen LogP contribution in [-0.2, 0) is 4.79 Å². The number of fused-ring (bicyclic) bond motifs is 1. The second-order valence-corrected chi connectivity index (χ2v) is 8.30. The summed E-state index contributed by atoms with van der Waals surface area (Å²) in [6.45, 7) is 1.36. The number of nitrogens with zero attached hydrogens (tertiary/aromatic N) is 1. The molecule has 1 aromatic heterocycles. The van der Waals surface area contributed by atoms with E-state index >= 15 is 0 Å². The first-order chi connectivity index (χ1) is 12.6. The number of hydrogen-bond donors (Lipinski definition) is 2. The summed E-state index contributed by atoms with van der Waals surface area (Å²) in [6.07, 6.45) is 2.15. The van der Waals surface area contributed by atoms with E-state index < -0.39 is 0 Å². The van der Waals surface area contributed by atoms with E-state index in [2.05, 4.69) is 11.4 Å². The lowest BCUT2D eigenvalue weighted by Crippen LogP contribution is -3.11. The molecule has 1 fully saturated rings. The van der Waals surface area contributed by atoms with Gasteiger partial charge in [0, 0.05) is 12.8 Å². The van der Waals surface area contributed by atoms with Crippen molar-refractivity contribution in [1.29, 1.82) is 0 Å². The van der Waals surface area contributed by atoms with Crippen molar-refractivity contribution >= 4 is 56.3 Å². The summed E-state index contributed by atoms with van der Waals surface area (Å²) in [4.78, 5) is 18.6. The number of halogens is 2. The predicted molar refractivity (Wildman–Crippen MR) is 107 cm³/mol. The molecule has 7 heteroatoms. The van der Waals surface area contributed by atoms with Crippen molar-refractivity contribution < 1.29 is 9.69 Å². The normalized spacial score (nSPS) is 19.8. The summed E-state index contributed by atoms with van der Waals surface area (Å²) in [5.41, 5.74) is 1.59. The van der Waals surface area contributed by atoms with Crippen LogP contribution in [0.5, 0.6) is 0 Å². The first kappa shape index (κ1) is 17.7. The van der Waals surface area contributed by atoms with Crippen LogP contribution in [0, 0.1) is 0 Å². The lowest BCUT2D eigenvalue weighted by Gasteiger charge is -2.19. The number of carbonyl (C=O) groups is 1. The number of aromatic nitrogens is 1. The maximum absolute atomic E-state index is 12.5. The van der Waals surface area contributed by atoms with Crippen LogP contribution in [0.25, 0.3) is 10.2 Å². The molecule has 2 heterocycles. The average Bonchev–Trinajstić information content (AvgIpc) is 3.25. The molecule has 1 amide bonds. The first-order valence-electron chi connectivity index (χ1n) is 8.56. The lowest BCUT2D eigenvalue weighted by atomic mass is 10.2. The average molecular weight is 407 g/mol. The van der Waals surface area contributed by atoms with Crippen molar-refractivity contribution in [2.75, 3.05) is 18.4 Å². The minimum atomic E-state index is -0.0582. The number of carbonyl (C=O) groups excluding carboxylic acids is 1. The Kier molecular flexibility index (Phi) is 5.14. The molecule has 26 heavy (non-hydrogen) atoms. The quantitative estimate of drug-likeness (QED) is 0.688. The third-order valence-electron chi connectivity index (χ3n) is 4.71. The van der Waals surface area contributed by atoms with Crippen LogP contribution in [0.4, 0.5) is 5.69 Å². The zero-order chi connectivity index (χ0) is 18.1. The number of thiazole rings is 1. The van der Waals surface area contributed by atoms with E-state index in [4.69, 9.17) is 28.2 Å². The number of benzene rings is 2. The Morgan fingerprint density at radius 1 is 1.23 bits per heavy atom. The summed E-state index contributed by atoms with van der Waals surface area (Å²) in [5.74, 6) is -0.0582. The Morgan fingerprint density at radius 3 is 2.92 bits per heavy atom. The van der Waals surface area contributed by atoms with Crippen molar-refractivity contribution in [1.82, 2.24) is 4.98 Å². The summed E-state index contributed by atoms with van der Waals surface area (Å²) in [5, 5.41) is 4.81. The van der Waals surface area contributed by atoms with Crippen molar-refractivity contribution in [2.24, 2.45) is 0 Å². The van der Waals surface area contributed by atoms with Gasteiger partial charge in [-0.25, -0.2) is 4.98 Å². The summed E-state index contributed by atoms with van der Waals surface area (Å²) in [6, 6.07) is 13.7. The Morgan fingerprint density at radius 2 is 2.08 bits per heavy atom. The van der Waals surface area contributed by atoms with E-state index in [1.807, 2.05) is 18.2 Å². The third kappa shape index (κ3) is 3.58. The van der Waals surface area contributed by atoms with Gasteiger partial charge in [0.05, 0.1) is 32.5 Å². The van der Waals surface area contributed by atoms with Crippen molar-refractivity contribution in [3.05, 3.63) is 57.5 Å². The van der Waals surface area contributed by atoms with Gasteiger partial charge in [-0.3, -0.25) is 4.79 Å². The Hall–Kier alpha value is -1.66. The smallest absolute Gasteiger partial charge is 0.279 e. The highest BCUT2D eigenvalue weighted by molar-refractivity contribution is 7.18. The molecule has 1 saturated heterocycles. The summed E-state index contributed by atoms with van der Waals surface area (Å²) < 4.78 is 1.20. The molecule has 2 atom stereocenters. The Bertz CT molecular complexity index is 926. The van der Waals surface area contributed by atoms with Gasteiger partial charge in [0.15, 0.2) is 11.6 Å². The monoisotopic (exact) mass is 406 g/mol. The van der Waals surface area contributed by atoms with E-state index in [1.165, 1.54) is 9.60 Å². The minimum Gasteiger partial charge on any atom is -0.320 e. The van der Waals surface area contributed by atoms with Crippen LogP contribution >= 0.6 is 34.5 Å². The van der Waals surface area contributed by atoms with Gasteiger partial charge >= 0.3 is 0 Å². The fraction of sp³-hybridized carbons (Fsp3) is 0.263. The van der Waals surface area contributed by atoms with Crippen LogP contribution in [-0.4, -0.2) is 24.0 Å². The standard InChI is InChI=1S/C19H17Cl2N3OS/c20-12-5-3-7-14(18(12)21)22-17(25)11-24-10-4-8-15(24)19-23-13-6-1-2-9-16(13)26-19/h1-3,5-7,9,15H,4,8,10-11H2,(H,22,25)/p+1/t15-/m0/s1. The van der Waals surface area contributed by atoms with Gasteiger partial charge in [0.1, 0.15) is 6.04 Å². The number of nitrogens with one attached hydrogen (secondary N) is 2. The summed E-state index contributed by atoms with van der Waals surface area (Å²) in [7, 11) is 0. The molecule has 2 N–H and O–H groups in total. The van der Waals surface area contributed by atoms with Gasteiger partial charge < -0.3 is 10.2 Å².